The second-order valence-corrected chi connectivity index (χ2v) is 19.3. The Morgan fingerprint density at radius 1 is 0.407 bits per heavy atom. The summed E-state index contributed by atoms with van der Waals surface area (Å²) < 4.78 is 12.6. The van der Waals surface area contributed by atoms with Crippen molar-refractivity contribution in [1.82, 2.24) is 0 Å². The molecule has 0 aromatic carbocycles. The zero-order chi connectivity index (χ0) is 43.2. The summed E-state index contributed by atoms with van der Waals surface area (Å²) >= 11 is 0. The van der Waals surface area contributed by atoms with Crippen LogP contribution < -0.4 is 0 Å². The van der Waals surface area contributed by atoms with Gasteiger partial charge in [-0.1, -0.05) is 239 Å². The van der Waals surface area contributed by atoms with Gasteiger partial charge < -0.3 is 19.1 Å². The van der Waals surface area contributed by atoms with Crippen LogP contribution in [-0.4, -0.2) is 68.0 Å². The topological polar surface area (TPSA) is 72.8 Å². The largest absolute Gasteiger partial charge is 0.461 e. The highest BCUT2D eigenvalue weighted by Gasteiger charge is 2.26. The summed E-state index contributed by atoms with van der Waals surface area (Å²) in [6.07, 6.45) is 51.9. The Balaban J connectivity index is 4.43. The molecule has 0 aromatic rings. The lowest BCUT2D eigenvalue weighted by atomic mass is 10.0. The van der Waals surface area contributed by atoms with E-state index in [1.165, 1.54) is 225 Å². The van der Waals surface area contributed by atoms with Crippen molar-refractivity contribution in [2.45, 2.75) is 290 Å². The number of rotatable bonds is 49. The highest BCUT2D eigenvalue weighted by Crippen LogP contribution is 2.17. The maximum atomic E-state index is 13.0. The molecule has 0 spiro atoms. The third kappa shape index (κ3) is 46.2. The van der Waals surface area contributed by atoms with Crippen molar-refractivity contribution in [3.8, 4) is 0 Å². The molecule has 1 atom stereocenters. The molecule has 1 unspecified atom stereocenters. The molecular formula is C53H106NO5+. The van der Waals surface area contributed by atoms with Gasteiger partial charge in [0.15, 0.2) is 6.10 Å². The zero-order valence-corrected chi connectivity index (χ0v) is 40.6. The van der Waals surface area contributed by atoms with E-state index in [1.54, 1.807) is 0 Å². The van der Waals surface area contributed by atoms with Crippen LogP contribution in [0.3, 0.4) is 0 Å². The van der Waals surface area contributed by atoms with Crippen LogP contribution in [0.4, 0.5) is 0 Å². The molecule has 1 N–H and O–H groups in total. The van der Waals surface area contributed by atoms with Gasteiger partial charge in [-0.3, -0.25) is 9.59 Å². The first-order valence-electron chi connectivity index (χ1n) is 26.6. The summed E-state index contributed by atoms with van der Waals surface area (Å²) in [5.74, 6) is -0.283. The minimum absolute atomic E-state index is 0.135. The number of esters is 2. The highest BCUT2D eigenvalue weighted by molar-refractivity contribution is 5.70. The average molecular weight is 837 g/mol. The van der Waals surface area contributed by atoms with E-state index in [1.807, 2.05) is 0 Å². The van der Waals surface area contributed by atoms with Crippen molar-refractivity contribution < 1.29 is 28.7 Å². The van der Waals surface area contributed by atoms with Crippen molar-refractivity contribution in [3.63, 3.8) is 0 Å². The normalized spacial score (nSPS) is 12.3. The SMILES string of the molecule is CCCCCCCCCCCCCCCC(=O)OCC(C[N+](C)(C)CCCCCCCCCCCCCCCCO)OC(=O)CCCCCCCCCCCCCCC. The van der Waals surface area contributed by atoms with E-state index in [0.29, 0.717) is 26.0 Å². The number of hydrogen-bond acceptors (Lipinski definition) is 5. The lowest BCUT2D eigenvalue weighted by Crippen LogP contribution is -2.48. The van der Waals surface area contributed by atoms with E-state index in [-0.39, 0.29) is 18.5 Å². The fourth-order valence-corrected chi connectivity index (χ4v) is 8.62. The summed E-state index contributed by atoms with van der Waals surface area (Å²) in [6.45, 7) is 6.79. The van der Waals surface area contributed by atoms with E-state index in [9.17, 15) is 9.59 Å². The number of carbonyl (C=O) groups excluding carboxylic acids is 2. The van der Waals surface area contributed by atoms with Crippen LogP contribution in [0.15, 0.2) is 0 Å². The van der Waals surface area contributed by atoms with Gasteiger partial charge in [-0.05, 0) is 32.1 Å². The molecule has 0 aromatic heterocycles. The second-order valence-electron chi connectivity index (χ2n) is 19.3. The number of aliphatic hydroxyl groups is 1. The van der Waals surface area contributed by atoms with Crippen LogP contribution in [0.1, 0.15) is 284 Å². The van der Waals surface area contributed by atoms with Crippen LogP contribution in [0.25, 0.3) is 0 Å². The summed E-state index contributed by atoms with van der Waals surface area (Å²) in [7, 11) is 4.46. The first-order valence-corrected chi connectivity index (χ1v) is 26.6. The van der Waals surface area contributed by atoms with E-state index >= 15 is 0 Å². The molecule has 6 nitrogen and oxygen atoms in total. The van der Waals surface area contributed by atoms with Crippen LogP contribution in [-0.2, 0) is 19.1 Å². The summed E-state index contributed by atoms with van der Waals surface area (Å²) in [6, 6.07) is 0. The Morgan fingerprint density at radius 3 is 1.03 bits per heavy atom. The van der Waals surface area contributed by atoms with Crippen LogP contribution in [0.5, 0.6) is 0 Å². The van der Waals surface area contributed by atoms with E-state index in [4.69, 9.17) is 14.6 Å². The molecule has 0 saturated carbocycles. The monoisotopic (exact) mass is 837 g/mol. The maximum Gasteiger partial charge on any atom is 0.306 e. The van der Waals surface area contributed by atoms with E-state index < -0.39 is 6.10 Å². The lowest BCUT2D eigenvalue weighted by molar-refractivity contribution is -0.893. The Hall–Kier alpha value is -1.14. The van der Waals surface area contributed by atoms with Gasteiger partial charge in [0.2, 0.25) is 0 Å². The quantitative estimate of drug-likeness (QED) is 0.0375. The van der Waals surface area contributed by atoms with Gasteiger partial charge in [0.1, 0.15) is 13.2 Å². The number of hydrogen-bond donors (Lipinski definition) is 1. The fraction of sp³-hybridized carbons (Fsp3) is 0.962. The highest BCUT2D eigenvalue weighted by atomic mass is 16.6. The number of likely N-dealkylation sites (N-methyl/N-ethyl adjacent to an activating group) is 1. The van der Waals surface area contributed by atoms with Crippen LogP contribution >= 0.6 is 0 Å². The van der Waals surface area contributed by atoms with Gasteiger partial charge in [0, 0.05) is 19.4 Å². The van der Waals surface area contributed by atoms with Gasteiger partial charge in [0.05, 0.1) is 20.6 Å². The van der Waals surface area contributed by atoms with Crippen molar-refractivity contribution in [2.24, 2.45) is 0 Å². The molecule has 59 heavy (non-hydrogen) atoms. The second kappa shape index (κ2) is 46.4. The molecule has 0 heterocycles. The van der Waals surface area contributed by atoms with E-state index in [0.717, 1.165) is 43.1 Å². The molecule has 0 aliphatic carbocycles. The number of unbranched alkanes of at least 4 members (excludes halogenated alkanes) is 37. The summed E-state index contributed by atoms with van der Waals surface area (Å²) in [4.78, 5) is 25.8. The Kier molecular flexibility index (Phi) is 45.5. The van der Waals surface area contributed by atoms with E-state index in [2.05, 4.69) is 27.9 Å². The number of ether oxygens (including phenoxy) is 2. The number of quaternary nitrogens is 1. The Bertz CT molecular complexity index is 863. The van der Waals surface area contributed by atoms with Crippen LogP contribution in [0, 0.1) is 0 Å². The zero-order valence-electron chi connectivity index (χ0n) is 40.6. The fourth-order valence-electron chi connectivity index (χ4n) is 8.62. The third-order valence-corrected chi connectivity index (χ3v) is 12.6. The van der Waals surface area contributed by atoms with Crippen molar-refractivity contribution >= 4 is 11.9 Å². The average Bonchev–Trinajstić information content (AvgIpc) is 3.21. The molecule has 0 rings (SSSR count). The van der Waals surface area contributed by atoms with Gasteiger partial charge in [-0.15, -0.1) is 0 Å². The number of carbonyl (C=O) groups is 2. The number of aliphatic hydroxyl groups excluding tert-OH is 1. The lowest BCUT2D eigenvalue weighted by Gasteiger charge is -2.33. The van der Waals surface area contributed by atoms with Gasteiger partial charge in [0.25, 0.3) is 0 Å². The molecule has 0 radical (unpaired) electrons. The van der Waals surface area contributed by atoms with Crippen LogP contribution in [0.2, 0.25) is 0 Å². The van der Waals surface area contributed by atoms with Crippen molar-refractivity contribution in [2.75, 3.05) is 40.4 Å². The third-order valence-electron chi connectivity index (χ3n) is 12.6. The molecule has 0 aliphatic rings. The molecule has 6 heteroatoms. The molecule has 0 aliphatic heterocycles. The minimum Gasteiger partial charge on any atom is -0.461 e. The molecule has 0 fully saturated rings. The molecule has 0 amide bonds. The molecule has 0 bridgehead atoms. The molecule has 352 valence electrons. The summed E-state index contributed by atoms with van der Waals surface area (Å²) in [5, 5.41) is 8.89. The molecular weight excluding hydrogens is 731 g/mol. The minimum atomic E-state index is -0.393. The van der Waals surface area contributed by atoms with Gasteiger partial charge in [-0.2, -0.15) is 0 Å². The molecule has 0 saturated heterocycles. The first kappa shape index (κ1) is 57.9. The smallest absolute Gasteiger partial charge is 0.306 e. The standard InChI is InChI=1S/C53H106NO5/c1-5-7-9-11-13-15-17-21-25-29-33-37-41-45-52(56)58-50-51(59-53(57)46-42-38-34-30-26-22-18-16-14-12-10-8-6-2)49-54(3,4)47-43-39-35-31-27-23-19-20-24-28-32-36-40-44-48-55/h51,55H,5-50H2,1-4H3/q+1. The maximum absolute atomic E-state index is 13.0. The van der Waals surface area contributed by atoms with Gasteiger partial charge >= 0.3 is 11.9 Å². The number of nitrogens with zero attached hydrogens (tertiary/aromatic N) is 1. The predicted octanol–water partition coefficient (Wildman–Crippen LogP) is 15.9. The predicted molar refractivity (Wildman–Crippen MR) is 255 cm³/mol. The summed E-state index contributed by atoms with van der Waals surface area (Å²) in [5.41, 5.74) is 0. The van der Waals surface area contributed by atoms with Gasteiger partial charge in [-0.25, -0.2) is 0 Å². The van der Waals surface area contributed by atoms with Crippen molar-refractivity contribution in [3.05, 3.63) is 0 Å². The Morgan fingerprint density at radius 2 is 0.695 bits per heavy atom. The first-order chi connectivity index (χ1) is 28.8. The Labute approximate surface area is 369 Å². The van der Waals surface area contributed by atoms with Crippen molar-refractivity contribution in [1.29, 1.82) is 0 Å².